The summed E-state index contributed by atoms with van der Waals surface area (Å²) in [6.07, 6.45) is 2.12. The number of aromatic nitrogens is 4. The first kappa shape index (κ1) is 25.1. The zero-order chi connectivity index (χ0) is 30.2. The smallest absolute Gasteiger partial charge is 0.0933 e. The van der Waals surface area contributed by atoms with Crippen LogP contribution in [0.2, 0.25) is 0 Å². The van der Waals surface area contributed by atoms with E-state index in [0.717, 1.165) is 50.0 Å². The Morgan fingerprint density at radius 3 is 1.93 bits per heavy atom. The van der Waals surface area contributed by atoms with Crippen LogP contribution in [0.1, 0.15) is 0 Å². The normalized spacial score (nSPS) is 11.9. The minimum Gasteiger partial charge on any atom is -0.309 e. The monoisotopic (exact) mass is 586 g/mol. The van der Waals surface area contributed by atoms with Crippen LogP contribution >= 0.6 is 0 Å². The average molecular weight is 587 g/mol. The number of para-hydroxylation sites is 2. The fourth-order valence-electron chi connectivity index (χ4n) is 7.16. The highest BCUT2D eigenvalue weighted by Gasteiger charge is 2.17. The highest BCUT2D eigenvalue weighted by atomic mass is 15.2. The molecule has 4 heteroatoms. The molecule has 4 aromatic heterocycles. The number of pyridine rings is 2. The zero-order valence-corrected chi connectivity index (χ0v) is 24.8. The number of rotatable bonds is 3. The minimum atomic E-state index is 1.00. The highest BCUT2D eigenvalue weighted by Crippen LogP contribution is 2.40. The molecule has 0 saturated carbocycles. The van der Waals surface area contributed by atoms with Crippen LogP contribution in [0.3, 0.4) is 0 Å². The van der Waals surface area contributed by atoms with Gasteiger partial charge in [0.15, 0.2) is 0 Å². The van der Waals surface area contributed by atoms with E-state index in [0.29, 0.717) is 0 Å². The van der Waals surface area contributed by atoms with Crippen LogP contribution in [0, 0.1) is 0 Å². The first-order valence-corrected chi connectivity index (χ1v) is 15.6. The Morgan fingerprint density at radius 2 is 1.09 bits per heavy atom. The van der Waals surface area contributed by atoms with Crippen LogP contribution in [0.5, 0.6) is 0 Å². The summed E-state index contributed by atoms with van der Waals surface area (Å²) in [6.45, 7) is 0. The molecule has 46 heavy (non-hydrogen) atoms. The lowest BCUT2D eigenvalue weighted by Gasteiger charge is -2.13. The fraction of sp³-hybridized carbons (Fsp3) is 0. The molecule has 0 spiro atoms. The van der Waals surface area contributed by atoms with Gasteiger partial charge >= 0.3 is 0 Å². The lowest BCUT2D eigenvalue weighted by Crippen LogP contribution is -1.95. The second kappa shape index (κ2) is 9.62. The largest absolute Gasteiger partial charge is 0.309 e. The van der Waals surface area contributed by atoms with Crippen molar-refractivity contribution >= 4 is 59.9 Å². The molecule has 0 N–H and O–H groups in total. The number of hydrogen-bond donors (Lipinski definition) is 0. The maximum absolute atomic E-state index is 5.20. The quantitative estimate of drug-likeness (QED) is 0.193. The van der Waals surface area contributed by atoms with Crippen LogP contribution in [0.4, 0.5) is 0 Å². The summed E-state index contributed by atoms with van der Waals surface area (Å²) in [5.41, 5.74) is 11.0. The summed E-state index contributed by atoms with van der Waals surface area (Å²) < 4.78 is 4.38. The third-order valence-electron chi connectivity index (χ3n) is 9.32. The van der Waals surface area contributed by atoms with Gasteiger partial charge in [0, 0.05) is 49.9 Å². The molecule has 0 radical (unpaired) electrons. The Morgan fingerprint density at radius 1 is 0.391 bits per heavy atom. The fourth-order valence-corrected chi connectivity index (χ4v) is 7.16. The van der Waals surface area contributed by atoms with Crippen LogP contribution in [-0.2, 0) is 0 Å². The molecule has 0 aliphatic rings. The van der Waals surface area contributed by atoms with Crippen LogP contribution in [-0.4, -0.2) is 19.2 Å². The molecule has 0 saturated heterocycles. The Balaban J connectivity index is 1.19. The summed E-state index contributed by atoms with van der Waals surface area (Å²) in [6, 6.07) is 54.0. The van der Waals surface area contributed by atoms with Gasteiger partial charge in [0.05, 0.1) is 33.3 Å². The molecule has 10 aromatic rings. The van der Waals surface area contributed by atoms with Crippen molar-refractivity contribution in [1.29, 1.82) is 0 Å². The van der Waals surface area contributed by atoms with Crippen molar-refractivity contribution in [3.8, 4) is 28.1 Å². The van der Waals surface area contributed by atoms with Crippen LogP contribution in [0.15, 0.2) is 158 Å². The van der Waals surface area contributed by atoms with Crippen molar-refractivity contribution in [2.24, 2.45) is 0 Å². The SMILES string of the molecule is c1ccc(-c2nc3ccccc3c3cc4c5ccccc5n(-c5ccc(-c6ccc7c8ccccc8nn7c6)cc5)c4cc23)cc1. The van der Waals surface area contributed by atoms with E-state index in [1.807, 2.05) is 10.6 Å². The van der Waals surface area contributed by atoms with Crippen molar-refractivity contribution in [3.63, 3.8) is 0 Å². The minimum absolute atomic E-state index is 1.00. The van der Waals surface area contributed by atoms with Gasteiger partial charge in [-0.15, -0.1) is 0 Å². The van der Waals surface area contributed by atoms with Gasteiger partial charge in [-0.25, -0.2) is 9.50 Å². The van der Waals surface area contributed by atoms with Gasteiger partial charge < -0.3 is 4.57 Å². The molecule has 0 aliphatic heterocycles. The van der Waals surface area contributed by atoms with Gasteiger partial charge in [0.1, 0.15) is 0 Å². The Hall–Kier alpha value is -6.26. The van der Waals surface area contributed by atoms with Crippen LogP contribution < -0.4 is 0 Å². The van der Waals surface area contributed by atoms with Crippen molar-refractivity contribution in [1.82, 2.24) is 19.2 Å². The second-order valence-electron chi connectivity index (χ2n) is 11.9. The molecule has 0 atom stereocenters. The average Bonchev–Trinajstić information content (AvgIpc) is 3.66. The van der Waals surface area contributed by atoms with Gasteiger partial charge in [-0.3, -0.25) is 0 Å². The number of nitrogens with zero attached hydrogens (tertiary/aromatic N) is 4. The van der Waals surface area contributed by atoms with Crippen molar-refractivity contribution < 1.29 is 0 Å². The van der Waals surface area contributed by atoms with E-state index in [9.17, 15) is 0 Å². The number of fused-ring (bicyclic) bond motifs is 9. The van der Waals surface area contributed by atoms with Gasteiger partial charge in [0.25, 0.3) is 0 Å². The molecule has 0 aliphatic carbocycles. The van der Waals surface area contributed by atoms with Crippen LogP contribution in [0.25, 0.3) is 88.0 Å². The molecule has 4 heterocycles. The predicted molar refractivity (Wildman–Crippen MR) is 191 cm³/mol. The molecule has 0 amide bonds. The molecule has 0 unspecified atom stereocenters. The summed E-state index contributed by atoms with van der Waals surface area (Å²) >= 11 is 0. The third-order valence-corrected chi connectivity index (χ3v) is 9.32. The molecule has 0 bridgehead atoms. The van der Waals surface area contributed by atoms with E-state index in [4.69, 9.17) is 10.1 Å². The predicted octanol–water partition coefficient (Wildman–Crippen LogP) is 10.6. The lowest BCUT2D eigenvalue weighted by molar-refractivity contribution is 0.983. The first-order chi connectivity index (χ1) is 22.8. The van der Waals surface area contributed by atoms with Crippen molar-refractivity contribution in [2.45, 2.75) is 0 Å². The first-order valence-electron chi connectivity index (χ1n) is 15.6. The molecule has 4 nitrogen and oxygen atoms in total. The molecule has 214 valence electrons. The Labute approximate surface area is 264 Å². The van der Waals surface area contributed by atoms with E-state index in [1.54, 1.807) is 0 Å². The van der Waals surface area contributed by atoms with E-state index < -0.39 is 0 Å². The van der Waals surface area contributed by atoms with Crippen molar-refractivity contribution in [2.75, 3.05) is 0 Å². The number of hydrogen-bond acceptors (Lipinski definition) is 2. The third kappa shape index (κ3) is 3.67. The van der Waals surface area contributed by atoms with E-state index in [1.165, 1.54) is 38.0 Å². The molecule has 6 aromatic carbocycles. The molecular formula is C42H26N4. The zero-order valence-electron chi connectivity index (χ0n) is 24.8. The van der Waals surface area contributed by atoms with Gasteiger partial charge in [-0.1, -0.05) is 103 Å². The summed E-state index contributed by atoms with van der Waals surface area (Å²) in [4.78, 5) is 5.20. The summed E-state index contributed by atoms with van der Waals surface area (Å²) in [7, 11) is 0. The van der Waals surface area contributed by atoms with Crippen molar-refractivity contribution in [3.05, 3.63) is 158 Å². The second-order valence-corrected chi connectivity index (χ2v) is 11.9. The van der Waals surface area contributed by atoms with Gasteiger partial charge in [-0.05, 0) is 59.5 Å². The van der Waals surface area contributed by atoms with E-state index in [-0.39, 0.29) is 0 Å². The molecule has 0 fully saturated rings. The maximum atomic E-state index is 5.20. The summed E-state index contributed by atoms with van der Waals surface area (Å²) in [5, 5.41) is 12.0. The lowest BCUT2D eigenvalue weighted by atomic mass is 9.98. The molecular weight excluding hydrogens is 560 g/mol. The Kier molecular flexibility index (Phi) is 5.25. The topological polar surface area (TPSA) is 35.1 Å². The highest BCUT2D eigenvalue weighted by molar-refractivity contribution is 6.20. The molecule has 10 rings (SSSR count). The summed E-state index contributed by atoms with van der Waals surface area (Å²) in [5.74, 6) is 0. The van der Waals surface area contributed by atoms with E-state index in [2.05, 4.69) is 156 Å². The van der Waals surface area contributed by atoms with Gasteiger partial charge in [-0.2, -0.15) is 5.10 Å². The van der Waals surface area contributed by atoms with E-state index >= 15 is 0 Å². The maximum Gasteiger partial charge on any atom is 0.0933 e. The standard InChI is InChI=1S/C42H26N4/c1-2-10-28(11-3-1)42-36-25-41-35(24-34(36)31-12-4-7-15-37(31)43-42)32-13-6-9-17-40(32)46(41)30-21-18-27(19-22-30)29-20-23-39-33-14-5-8-16-38(33)44-45(39)26-29/h1-26H. The Bertz CT molecular complexity index is 2790. The number of benzene rings is 6. The van der Waals surface area contributed by atoms with Gasteiger partial charge in [0.2, 0.25) is 0 Å².